The van der Waals surface area contributed by atoms with Gasteiger partial charge in [-0.1, -0.05) is 33.6 Å². The van der Waals surface area contributed by atoms with Crippen molar-refractivity contribution in [2.75, 3.05) is 0 Å². The Bertz CT molecular complexity index is 933. The number of benzene rings is 2. The summed E-state index contributed by atoms with van der Waals surface area (Å²) >= 11 is 9.15. The molecule has 0 bridgehead atoms. The van der Waals surface area contributed by atoms with Crippen molar-refractivity contribution in [3.05, 3.63) is 74.0 Å². The zero-order valence-corrected chi connectivity index (χ0v) is 13.3. The van der Waals surface area contributed by atoms with Crippen molar-refractivity contribution in [2.24, 2.45) is 0 Å². The SMILES string of the molecule is O=C(Oc1cccc(Cl)c1)c1cc2cc(Br)ccc2oc1=O. The van der Waals surface area contributed by atoms with Crippen LogP contribution in [0.25, 0.3) is 11.0 Å². The Morgan fingerprint density at radius 3 is 2.73 bits per heavy atom. The van der Waals surface area contributed by atoms with Gasteiger partial charge in [-0.25, -0.2) is 9.59 Å². The molecule has 0 aliphatic heterocycles. The van der Waals surface area contributed by atoms with Crippen LogP contribution in [0.3, 0.4) is 0 Å². The molecule has 0 aliphatic rings. The number of rotatable bonds is 2. The van der Waals surface area contributed by atoms with Gasteiger partial charge in [-0.15, -0.1) is 0 Å². The lowest BCUT2D eigenvalue weighted by molar-refractivity contribution is 0.0730. The summed E-state index contributed by atoms with van der Waals surface area (Å²) in [7, 11) is 0. The van der Waals surface area contributed by atoms with E-state index in [2.05, 4.69) is 15.9 Å². The fourth-order valence-corrected chi connectivity index (χ4v) is 2.49. The van der Waals surface area contributed by atoms with E-state index in [1.54, 1.807) is 36.4 Å². The molecule has 4 nitrogen and oxygen atoms in total. The summed E-state index contributed by atoms with van der Waals surface area (Å²) in [5.41, 5.74) is -0.528. The van der Waals surface area contributed by atoms with Crippen LogP contribution in [0.1, 0.15) is 10.4 Å². The normalized spacial score (nSPS) is 10.6. The highest BCUT2D eigenvalue weighted by Gasteiger charge is 2.16. The van der Waals surface area contributed by atoms with Gasteiger partial charge in [0, 0.05) is 14.9 Å². The molecule has 3 rings (SSSR count). The van der Waals surface area contributed by atoms with E-state index in [-0.39, 0.29) is 11.3 Å². The third-order valence-electron chi connectivity index (χ3n) is 2.92. The fourth-order valence-electron chi connectivity index (χ4n) is 1.93. The summed E-state index contributed by atoms with van der Waals surface area (Å²) in [5.74, 6) is -0.538. The molecule has 1 heterocycles. The van der Waals surface area contributed by atoms with Crippen molar-refractivity contribution >= 4 is 44.5 Å². The van der Waals surface area contributed by atoms with Crippen LogP contribution in [0.15, 0.2) is 62.2 Å². The van der Waals surface area contributed by atoms with Crippen LogP contribution in [-0.4, -0.2) is 5.97 Å². The van der Waals surface area contributed by atoms with E-state index in [1.807, 2.05) is 0 Å². The van der Waals surface area contributed by atoms with Crippen molar-refractivity contribution in [2.45, 2.75) is 0 Å². The molecule has 3 aromatic rings. The van der Waals surface area contributed by atoms with Gasteiger partial charge in [0.1, 0.15) is 16.9 Å². The van der Waals surface area contributed by atoms with Crippen LogP contribution in [0.2, 0.25) is 5.02 Å². The van der Waals surface area contributed by atoms with Gasteiger partial charge >= 0.3 is 11.6 Å². The van der Waals surface area contributed by atoms with Gasteiger partial charge in [-0.2, -0.15) is 0 Å². The lowest BCUT2D eigenvalue weighted by atomic mass is 10.2. The van der Waals surface area contributed by atoms with Gasteiger partial charge in [0.25, 0.3) is 0 Å². The van der Waals surface area contributed by atoms with Crippen LogP contribution >= 0.6 is 27.5 Å². The van der Waals surface area contributed by atoms with Crippen LogP contribution < -0.4 is 10.4 Å². The van der Waals surface area contributed by atoms with Gasteiger partial charge in [-0.3, -0.25) is 0 Å². The van der Waals surface area contributed by atoms with E-state index < -0.39 is 11.6 Å². The van der Waals surface area contributed by atoms with Crippen molar-refractivity contribution in [1.29, 1.82) is 0 Å². The molecule has 2 aromatic carbocycles. The molecule has 0 radical (unpaired) electrons. The molecule has 0 amide bonds. The molecule has 0 aliphatic carbocycles. The monoisotopic (exact) mass is 378 g/mol. The van der Waals surface area contributed by atoms with E-state index >= 15 is 0 Å². The molecule has 1 aromatic heterocycles. The molecule has 0 saturated heterocycles. The fraction of sp³-hybridized carbons (Fsp3) is 0. The van der Waals surface area contributed by atoms with Gasteiger partial charge in [0.05, 0.1) is 0 Å². The second kappa shape index (κ2) is 5.94. The molecule has 22 heavy (non-hydrogen) atoms. The molecule has 0 unspecified atom stereocenters. The summed E-state index contributed by atoms with van der Waals surface area (Å²) in [4.78, 5) is 24.0. The number of fused-ring (bicyclic) bond motifs is 1. The van der Waals surface area contributed by atoms with Gasteiger partial charge in [0.15, 0.2) is 0 Å². The molecule has 0 N–H and O–H groups in total. The van der Waals surface area contributed by atoms with Gasteiger partial charge in [-0.05, 0) is 42.5 Å². The predicted molar refractivity (Wildman–Crippen MR) is 86.6 cm³/mol. The molecule has 0 spiro atoms. The van der Waals surface area contributed by atoms with Crippen LogP contribution in [-0.2, 0) is 0 Å². The van der Waals surface area contributed by atoms with E-state index in [1.165, 1.54) is 12.1 Å². The Morgan fingerprint density at radius 1 is 1.14 bits per heavy atom. The summed E-state index contributed by atoms with van der Waals surface area (Å²) < 4.78 is 11.1. The van der Waals surface area contributed by atoms with Crippen molar-refractivity contribution in [3.63, 3.8) is 0 Å². The predicted octanol–water partition coefficient (Wildman–Crippen LogP) is 4.43. The smallest absolute Gasteiger partial charge is 0.351 e. The highest BCUT2D eigenvalue weighted by atomic mass is 79.9. The van der Waals surface area contributed by atoms with Crippen molar-refractivity contribution in [1.82, 2.24) is 0 Å². The first-order valence-electron chi connectivity index (χ1n) is 6.24. The number of ether oxygens (including phenoxy) is 1. The number of hydrogen-bond donors (Lipinski definition) is 0. The minimum atomic E-state index is -0.794. The first kappa shape index (κ1) is 14.8. The topological polar surface area (TPSA) is 56.5 Å². The number of esters is 1. The van der Waals surface area contributed by atoms with E-state index in [0.717, 1.165) is 4.47 Å². The minimum absolute atomic E-state index is 0.175. The molecular formula is C16H8BrClO4. The third kappa shape index (κ3) is 3.05. The molecular weight excluding hydrogens is 372 g/mol. The zero-order valence-electron chi connectivity index (χ0n) is 11.0. The third-order valence-corrected chi connectivity index (χ3v) is 3.65. The number of carbonyl (C=O) groups is 1. The maximum Gasteiger partial charge on any atom is 0.351 e. The number of halogens is 2. The number of hydrogen-bond acceptors (Lipinski definition) is 4. The average molecular weight is 380 g/mol. The maximum atomic E-state index is 12.1. The standard InChI is InChI=1S/C16H8BrClO4/c17-10-4-5-14-9(6-10)7-13(16(20)22-14)15(19)21-12-3-1-2-11(18)8-12/h1-8H. The molecule has 0 saturated carbocycles. The molecule has 110 valence electrons. The number of carbonyl (C=O) groups excluding carboxylic acids is 1. The Kier molecular flexibility index (Phi) is 4.00. The Hall–Kier alpha value is -2.11. The van der Waals surface area contributed by atoms with Crippen LogP contribution in [0.4, 0.5) is 0 Å². The van der Waals surface area contributed by atoms with Crippen molar-refractivity contribution < 1.29 is 13.9 Å². The lowest BCUT2D eigenvalue weighted by Crippen LogP contribution is -2.18. The maximum absolute atomic E-state index is 12.1. The summed E-state index contributed by atoms with van der Waals surface area (Å²) in [6.07, 6.45) is 0. The Morgan fingerprint density at radius 2 is 1.95 bits per heavy atom. The highest BCUT2D eigenvalue weighted by molar-refractivity contribution is 9.10. The highest BCUT2D eigenvalue weighted by Crippen LogP contribution is 2.21. The van der Waals surface area contributed by atoms with Gasteiger partial charge in [0.2, 0.25) is 0 Å². The molecule has 0 fully saturated rings. The Labute approximate surface area is 138 Å². The van der Waals surface area contributed by atoms with E-state index in [0.29, 0.717) is 16.0 Å². The largest absolute Gasteiger partial charge is 0.423 e. The first-order valence-corrected chi connectivity index (χ1v) is 7.41. The van der Waals surface area contributed by atoms with E-state index in [4.69, 9.17) is 20.8 Å². The van der Waals surface area contributed by atoms with Crippen molar-refractivity contribution in [3.8, 4) is 5.75 Å². The van der Waals surface area contributed by atoms with Gasteiger partial charge < -0.3 is 9.15 Å². The van der Waals surface area contributed by atoms with Crippen LogP contribution in [0, 0.1) is 0 Å². The molecule has 6 heteroatoms. The quantitative estimate of drug-likeness (QED) is 0.375. The molecule has 0 atom stereocenters. The lowest BCUT2D eigenvalue weighted by Gasteiger charge is -2.05. The average Bonchev–Trinajstić information content (AvgIpc) is 2.47. The Balaban J connectivity index is 2.00. The zero-order chi connectivity index (χ0) is 15.7. The van der Waals surface area contributed by atoms with E-state index in [9.17, 15) is 9.59 Å². The second-order valence-corrected chi connectivity index (χ2v) is 5.83. The summed E-state index contributed by atoms with van der Waals surface area (Å²) in [5, 5.41) is 1.05. The first-order chi connectivity index (χ1) is 10.5. The minimum Gasteiger partial charge on any atom is -0.423 e. The second-order valence-electron chi connectivity index (χ2n) is 4.48. The van der Waals surface area contributed by atoms with Crippen LogP contribution in [0.5, 0.6) is 5.75 Å². The summed E-state index contributed by atoms with van der Waals surface area (Å²) in [6.45, 7) is 0. The summed E-state index contributed by atoms with van der Waals surface area (Å²) in [6, 6.07) is 12.9.